The molecule has 0 bridgehead atoms. The van der Waals surface area contributed by atoms with E-state index in [1.54, 1.807) is 0 Å². The summed E-state index contributed by atoms with van der Waals surface area (Å²) >= 11 is 5.08. The molecule has 108 valence electrons. The zero-order chi connectivity index (χ0) is 15.6. The first-order chi connectivity index (χ1) is 9.90. The number of amides is 1. The molecule has 2 aromatic rings. The molecule has 0 radical (unpaired) electrons. The van der Waals surface area contributed by atoms with E-state index in [2.05, 4.69) is 5.32 Å². The summed E-state index contributed by atoms with van der Waals surface area (Å²) in [6.45, 7) is 5.80. The van der Waals surface area contributed by atoms with Gasteiger partial charge in [0.2, 0.25) is 0 Å². The maximum atomic E-state index is 12.5. The number of aryl methyl sites for hydroxylation is 3. The topological polar surface area (TPSA) is 55.1 Å². The Labute approximate surface area is 130 Å². The van der Waals surface area contributed by atoms with Crippen LogP contribution in [0, 0.1) is 20.8 Å². The van der Waals surface area contributed by atoms with Gasteiger partial charge in [-0.3, -0.25) is 4.79 Å². The maximum Gasteiger partial charge on any atom is 0.255 e. The van der Waals surface area contributed by atoms with Gasteiger partial charge >= 0.3 is 0 Å². The van der Waals surface area contributed by atoms with E-state index in [4.69, 9.17) is 18.0 Å². The van der Waals surface area contributed by atoms with E-state index in [0.717, 1.165) is 16.7 Å². The first kappa shape index (κ1) is 15.2. The van der Waals surface area contributed by atoms with Gasteiger partial charge in [0.15, 0.2) is 0 Å². The maximum absolute atomic E-state index is 12.5. The largest absolute Gasteiger partial charge is 0.389 e. The van der Waals surface area contributed by atoms with Crippen LogP contribution in [0.25, 0.3) is 0 Å². The number of nitrogens with two attached hydrogens (primary N) is 1. The lowest BCUT2D eigenvalue weighted by Crippen LogP contribution is -2.19. The monoisotopic (exact) mass is 298 g/mol. The third-order valence-electron chi connectivity index (χ3n) is 3.41. The van der Waals surface area contributed by atoms with E-state index in [-0.39, 0.29) is 10.9 Å². The molecule has 3 N–H and O–H groups in total. The summed E-state index contributed by atoms with van der Waals surface area (Å²) in [5.41, 5.74) is 10.7. The molecule has 3 nitrogen and oxygen atoms in total. The van der Waals surface area contributed by atoms with Crippen LogP contribution >= 0.6 is 12.2 Å². The van der Waals surface area contributed by atoms with Crippen LogP contribution in [-0.2, 0) is 0 Å². The van der Waals surface area contributed by atoms with Crippen LogP contribution in [0.3, 0.4) is 0 Å². The predicted octanol–water partition coefficient (Wildman–Crippen LogP) is 3.50. The summed E-state index contributed by atoms with van der Waals surface area (Å²) in [6, 6.07) is 11.4. The Morgan fingerprint density at radius 3 is 2.48 bits per heavy atom. The van der Waals surface area contributed by atoms with Crippen molar-refractivity contribution < 1.29 is 4.79 Å². The molecule has 0 saturated heterocycles. The molecule has 2 aromatic carbocycles. The van der Waals surface area contributed by atoms with Gasteiger partial charge in [0, 0.05) is 11.1 Å². The molecule has 0 spiro atoms. The number of nitrogens with one attached hydrogen (secondary N) is 1. The molecule has 0 unspecified atom stereocenters. The van der Waals surface area contributed by atoms with Crippen molar-refractivity contribution in [2.45, 2.75) is 20.8 Å². The lowest BCUT2D eigenvalue weighted by atomic mass is 10.0. The van der Waals surface area contributed by atoms with Gasteiger partial charge in [0.25, 0.3) is 5.91 Å². The molecular formula is C17H18N2OS. The lowest BCUT2D eigenvalue weighted by Gasteiger charge is -2.13. The van der Waals surface area contributed by atoms with Crippen LogP contribution in [0.1, 0.15) is 32.6 Å². The molecule has 0 aliphatic heterocycles. The predicted molar refractivity (Wildman–Crippen MR) is 90.9 cm³/mol. The Balaban J connectivity index is 2.39. The average Bonchev–Trinajstić information content (AvgIpc) is 2.41. The normalized spacial score (nSPS) is 10.2. The quantitative estimate of drug-likeness (QED) is 0.853. The van der Waals surface area contributed by atoms with Gasteiger partial charge in [-0.25, -0.2) is 0 Å². The molecule has 0 aromatic heterocycles. The van der Waals surface area contributed by atoms with Crippen LogP contribution < -0.4 is 11.1 Å². The molecule has 0 heterocycles. The fourth-order valence-electron chi connectivity index (χ4n) is 2.27. The van der Waals surface area contributed by atoms with Crippen LogP contribution in [0.15, 0.2) is 36.4 Å². The minimum absolute atomic E-state index is 0.153. The number of benzene rings is 2. The third-order valence-corrected chi connectivity index (χ3v) is 3.61. The summed E-state index contributed by atoms with van der Waals surface area (Å²) in [6.07, 6.45) is 0. The van der Waals surface area contributed by atoms with Crippen LogP contribution in [0.4, 0.5) is 5.69 Å². The second kappa shape index (κ2) is 6.06. The summed E-state index contributed by atoms with van der Waals surface area (Å²) in [4.78, 5) is 12.8. The third kappa shape index (κ3) is 3.28. The first-order valence-corrected chi connectivity index (χ1v) is 7.09. The van der Waals surface area contributed by atoms with Gasteiger partial charge in [0.05, 0.1) is 5.69 Å². The van der Waals surface area contributed by atoms with Crippen molar-refractivity contribution in [3.63, 3.8) is 0 Å². The van der Waals surface area contributed by atoms with Crippen molar-refractivity contribution in [1.29, 1.82) is 0 Å². The molecule has 1 amide bonds. The van der Waals surface area contributed by atoms with Gasteiger partial charge in [-0.05, 0) is 44.0 Å². The van der Waals surface area contributed by atoms with Crippen molar-refractivity contribution in [3.8, 4) is 0 Å². The van der Waals surface area contributed by atoms with Gasteiger partial charge in [-0.1, -0.05) is 42.0 Å². The Morgan fingerprint density at radius 1 is 1.10 bits per heavy atom. The van der Waals surface area contributed by atoms with Crippen molar-refractivity contribution in [2.75, 3.05) is 5.32 Å². The minimum Gasteiger partial charge on any atom is -0.389 e. The summed E-state index contributed by atoms with van der Waals surface area (Å²) in [5, 5.41) is 2.91. The first-order valence-electron chi connectivity index (χ1n) is 6.68. The fourth-order valence-corrected chi connectivity index (χ4v) is 2.54. The van der Waals surface area contributed by atoms with Crippen LogP contribution in [0.2, 0.25) is 0 Å². The van der Waals surface area contributed by atoms with Crippen LogP contribution in [-0.4, -0.2) is 10.9 Å². The van der Waals surface area contributed by atoms with Crippen molar-refractivity contribution in [3.05, 3.63) is 64.2 Å². The second-order valence-electron chi connectivity index (χ2n) is 5.13. The van der Waals surface area contributed by atoms with E-state index in [1.165, 1.54) is 0 Å². The molecule has 4 heteroatoms. The SMILES string of the molecule is Cc1ccc(C)c(C(=O)Nc2cccc(C)c2C(N)=S)c1. The highest BCUT2D eigenvalue weighted by atomic mass is 32.1. The Bertz CT molecular complexity index is 723. The van der Waals surface area contributed by atoms with E-state index in [9.17, 15) is 4.79 Å². The molecule has 2 rings (SSSR count). The highest BCUT2D eigenvalue weighted by Gasteiger charge is 2.14. The van der Waals surface area contributed by atoms with E-state index in [0.29, 0.717) is 16.8 Å². The Hall–Kier alpha value is -2.20. The number of rotatable bonds is 3. The van der Waals surface area contributed by atoms with Gasteiger partial charge in [-0.15, -0.1) is 0 Å². The summed E-state index contributed by atoms with van der Waals surface area (Å²) in [5.74, 6) is -0.153. The number of anilines is 1. The number of carbonyl (C=O) groups is 1. The summed E-state index contributed by atoms with van der Waals surface area (Å²) < 4.78 is 0. The van der Waals surface area contributed by atoms with Crippen molar-refractivity contribution in [1.82, 2.24) is 0 Å². The molecule has 0 atom stereocenters. The standard InChI is InChI=1S/C17H18N2OS/c1-10-7-8-11(2)13(9-10)17(20)19-14-6-4-5-12(3)15(14)16(18)21/h4-9H,1-3H3,(H2,18,21)(H,19,20). The van der Waals surface area contributed by atoms with Gasteiger partial charge in [-0.2, -0.15) is 0 Å². The van der Waals surface area contributed by atoms with Gasteiger partial charge in [0.1, 0.15) is 4.99 Å². The highest BCUT2D eigenvalue weighted by Crippen LogP contribution is 2.21. The molecular weight excluding hydrogens is 280 g/mol. The summed E-state index contributed by atoms with van der Waals surface area (Å²) in [7, 11) is 0. The number of hydrogen-bond donors (Lipinski definition) is 2. The number of thiocarbonyl (C=S) groups is 1. The molecule has 0 saturated carbocycles. The lowest BCUT2D eigenvalue weighted by molar-refractivity contribution is 0.102. The van der Waals surface area contributed by atoms with E-state index < -0.39 is 0 Å². The zero-order valence-electron chi connectivity index (χ0n) is 12.4. The van der Waals surface area contributed by atoms with Crippen molar-refractivity contribution in [2.24, 2.45) is 5.73 Å². The number of hydrogen-bond acceptors (Lipinski definition) is 2. The van der Waals surface area contributed by atoms with Gasteiger partial charge < -0.3 is 11.1 Å². The van der Waals surface area contributed by atoms with E-state index in [1.807, 2.05) is 57.2 Å². The van der Waals surface area contributed by atoms with E-state index >= 15 is 0 Å². The number of carbonyl (C=O) groups excluding carboxylic acids is 1. The smallest absolute Gasteiger partial charge is 0.255 e. The molecule has 21 heavy (non-hydrogen) atoms. The molecule has 0 aliphatic carbocycles. The van der Waals surface area contributed by atoms with Crippen LogP contribution in [0.5, 0.6) is 0 Å². The highest BCUT2D eigenvalue weighted by molar-refractivity contribution is 7.80. The molecule has 0 fully saturated rings. The minimum atomic E-state index is -0.153. The van der Waals surface area contributed by atoms with Crippen molar-refractivity contribution >= 4 is 28.8 Å². The Morgan fingerprint density at radius 2 is 1.81 bits per heavy atom. The second-order valence-corrected chi connectivity index (χ2v) is 5.57. The zero-order valence-corrected chi connectivity index (χ0v) is 13.2. The average molecular weight is 298 g/mol. The fraction of sp³-hybridized carbons (Fsp3) is 0.176. The Kier molecular flexibility index (Phi) is 4.38. The molecule has 0 aliphatic rings.